The number of hydrogen-bond donors (Lipinski definition) is 0. The van der Waals surface area contributed by atoms with Gasteiger partial charge in [-0.05, 0) is 12.1 Å². The van der Waals surface area contributed by atoms with Crippen LogP contribution in [-0.4, -0.2) is 40.0 Å². The highest BCUT2D eigenvalue weighted by Crippen LogP contribution is 2.17. The fourth-order valence-corrected chi connectivity index (χ4v) is 2.33. The average molecular weight is 301 g/mol. The van der Waals surface area contributed by atoms with Crippen molar-refractivity contribution in [2.45, 2.75) is 18.9 Å². The summed E-state index contributed by atoms with van der Waals surface area (Å²) < 4.78 is 10.4. The molecule has 2 aromatic heterocycles. The molecule has 0 N–H and O–H groups in total. The Hall–Kier alpha value is -2.70. The molecule has 7 heteroatoms. The van der Waals surface area contributed by atoms with E-state index < -0.39 is 5.63 Å². The molecule has 0 radical (unpaired) electrons. The SMILES string of the molecule is O=C(c1ccc(=O)oc1)N1CCC(Oc2ncccn2)CC1. The van der Waals surface area contributed by atoms with Gasteiger partial charge in [-0.1, -0.05) is 0 Å². The number of ether oxygens (including phenoxy) is 1. The fourth-order valence-electron chi connectivity index (χ4n) is 2.33. The molecular formula is C15H15N3O4. The van der Waals surface area contributed by atoms with Crippen LogP contribution in [0.3, 0.4) is 0 Å². The first-order chi connectivity index (χ1) is 10.7. The van der Waals surface area contributed by atoms with Crippen LogP contribution in [0.4, 0.5) is 0 Å². The minimum absolute atomic E-state index is 0.000144. The van der Waals surface area contributed by atoms with Crippen molar-refractivity contribution < 1.29 is 13.9 Å². The molecule has 0 unspecified atom stereocenters. The second-order valence-corrected chi connectivity index (χ2v) is 4.98. The lowest BCUT2D eigenvalue weighted by atomic mass is 10.1. The monoisotopic (exact) mass is 301 g/mol. The molecule has 3 heterocycles. The van der Waals surface area contributed by atoms with Gasteiger partial charge in [0, 0.05) is 44.4 Å². The normalized spacial score (nSPS) is 15.5. The number of likely N-dealkylation sites (tertiary alicyclic amines) is 1. The highest BCUT2D eigenvalue weighted by Gasteiger charge is 2.25. The number of piperidine rings is 1. The largest absolute Gasteiger partial charge is 0.460 e. The maximum absolute atomic E-state index is 12.3. The van der Waals surface area contributed by atoms with Crippen LogP contribution in [0, 0.1) is 0 Å². The first-order valence-corrected chi connectivity index (χ1v) is 7.04. The number of carbonyl (C=O) groups is 1. The Morgan fingerprint density at radius 3 is 2.59 bits per heavy atom. The first kappa shape index (κ1) is 14.2. The molecular weight excluding hydrogens is 286 g/mol. The Balaban J connectivity index is 1.56. The van der Waals surface area contributed by atoms with Crippen LogP contribution in [0.15, 0.2) is 46.1 Å². The Morgan fingerprint density at radius 2 is 1.95 bits per heavy atom. The van der Waals surface area contributed by atoms with Gasteiger partial charge in [-0.3, -0.25) is 4.79 Å². The summed E-state index contributed by atoms with van der Waals surface area (Å²) in [6.45, 7) is 1.16. The predicted molar refractivity (Wildman–Crippen MR) is 76.6 cm³/mol. The molecule has 0 aliphatic carbocycles. The molecule has 0 spiro atoms. The van der Waals surface area contributed by atoms with Crippen LogP contribution in [0.25, 0.3) is 0 Å². The zero-order chi connectivity index (χ0) is 15.4. The lowest BCUT2D eigenvalue weighted by Crippen LogP contribution is -2.42. The zero-order valence-electron chi connectivity index (χ0n) is 11.8. The van der Waals surface area contributed by atoms with E-state index in [1.165, 1.54) is 18.4 Å². The molecule has 1 aliphatic heterocycles. The van der Waals surface area contributed by atoms with Gasteiger partial charge in [0.1, 0.15) is 12.4 Å². The van der Waals surface area contributed by atoms with Crippen LogP contribution in [0.1, 0.15) is 23.2 Å². The van der Waals surface area contributed by atoms with Gasteiger partial charge in [-0.2, -0.15) is 0 Å². The maximum Gasteiger partial charge on any atom is 0.335 e. The molecule has 7 nitrogen and oxygen atoms in total. The van der Waals surface area contributed by atoms with Crippen molar-refractivity contribution in [1.82, 2.24) is 14.9 Å². The van der Waals surface area contributed by atoms with Crippen molar-refractivity contribution >= 4 is 5.91 Å². The van der Waals surface area contributed by atoms with Crippen molar-refractivity contribution in [2.75, 3.05) is 13.1 Å². The molecule has 0 bridgehead atoms. The van der Waals surface area contributed by atoms with E-state index in [2.05, 4.69) is 9.97 Å². The molecule has 1 fully saturated rings. The molecule has 3 rings (SSSR count). The summed E-state index contributed by atoms with van der Waals surface area (Å²) in [6, 6.07) is 4.81. The Kier molecular flexibility index (Phi) is 4.13. The summed E-state index contributed by atoms with van der Waals surface area (Å²) in [4.78, 5) is 33.0. The quantitative estimate of drug-likeness (QED) is 0.844. The van der Waals surface area contributed by atoms with E-state index in [9.17, 15) is 9.59 Å². The average Bonchev–Trinajstić information content (AvgIpc) is 2.57. The van der Waals surface area contributed by atoms with Gasteiger partial charge in [-0.25, -0.2) is 14.8 Å². The second-order valence-electron chi connectivity index (χ2n) is 4.98. The van der Waals surface area contributed by atoms with E-state index >= 15 is 0 Å². The number of amides is 1. The van der Waals surface area contributed by atoms with Gasteiger partial charge in [-0.15, -0.1) is 0 Å². The van der Waals surface area contributed by atoms with Crippen molar-refractivity contribution in [3.8, 4) is 6.01 Å². The minimum Gasteiger partial charge on any atom is -0.460 e. The van der Waals surface area contributed by atoms with Crippen LogP contribution in [-0.2, 0) is 0 Å². The van der Waals surface area contributed by atoms with Crippen molar-refractivity contribution in [3.05, 3.63) is 52.8 Å². The lowest BCUT2D eigenvalue weighted by Gasteiger charge is -2.31. The molecule has 2 aromatic rings. The van der Waals surface area contributed by atoms with Gasteiger partial charge in [0.25, 0.3) is 5.91 Å². The number of hydrogen-bond acceptors (Lipinski definition) is 6. The number of rotatable bonds is 3. The smallest absolute Gasteiger partial charge is 0.335 e. The Labute approximate surface area is 126 Å². The Morgan fingerprint density at radius 1 is 1.23 bits per heavy atom. The van der Waals surface area contributed by atoms with Gasteiger partial charge >= 0.3 is 11.6 Å². The van der Waals surface area contributed by atoms with Crippen molar-refractivity contribution in [2.24, 2.45) is 0 Å². The van der Waals surface area contributed by atoms with Gasteiger partial charge in [0.15, 0.2) is 0 Å². The van der Waals surface area contributed by atoms with Crippen LogP contribution in [0.2, 0.25) is 0 Å². The summed E-state index contributed by atoms with van der Waals surface area (Å²) in [5.74, 6) is -0.141. The van der Waals surface area contributed by atoms with Crippen molar-refractivity contribution in [1.29, 1.82) is 0 Å². The number of aromatic nitrogens is 2. The maximum atomic E-state index is 12.3. The molecule has 0 atom stereocenters. The molecule has 0 saturated carbocycles. The van der Waals surface area contributed by atoms with E-state index in [0.717, 1.165) is 0 Å². The molecule has 1 saturated heterocycles. The minimum atomic E-state index is -0.466. The van der Waals surface area contributed by atoms with E-state index in [1.54, 1.807) is 23.4 Å². The van der Waals surface area contributed by atoms with Crippen LogP contribution >= 0.6 is 0 Å². The molecule has 0 aromatic carbocycles. The van der Waals surface area contributed by atoms with Crippen LogP contribution < -0.4 is 10.4 Å². The fraction of sp³-hybridized carbons (Fsp3) is 0.333. The molecule has 1 amide bonds. The predicted octanol–water partition coefficient (Wildman–Crippen LogP) is 1.11. The Bertz CT molecular complexity index is 673. The molecule has 114 valence electrons. The third kappa shape index (κ3) is 3.30. The van der Waals surface area contributed by atoms with E-state index in [-0.39, 0.29) is 12.0 Å². The van der Waals surface area contributed by atoms with Gasteiger partial charge in [0.05, 0.1) is 5.56 Å². The van der Waals surface area contributed by atoms with Gasteiger partial charge in [0.2, 0.25) is 0 Å². The summed E-state index contributed by atoms with van der Waals surface area (Å²) in [7, 11) is 0. The second kappa shape index (κ2) is 6.38. The molecule has 22 heavy (non-hydrogen) atoms. The highest BCUT2D eigenvalue weighted by atomic mass is 16.5. The van der Waals surface area contributed by atoms with Crippen molar-refractivity contribution in [3.63, 3.8) is 0 Å². The summed E-state index contributed by atoms with van der Waals surface area (Å²) in [5, 5.41) is 0. The lowest BCUT2D eigenvalue weighted by molar-refractivity contribution is 0.0576. The van der Waals surface area contributed by atoms with Gasteiger partial charge < -0.3 is 14.1 Å². The molecule has 1 aliphatic rings. The topological polar surface area (TPSA) is 85.5 Å². The third-order valence-corrected chi connectivity index (χ3v) is 3.49. The highest BCUT2D eigenvalue weighted by molar-refractivity contribution is 5.93. The zero-order valence-corrected chi connectivity index (χ0v) is 11.8. The van der Waals surface area contributed by atoms with E-state index in [0.29, 0.717) is 37.5 Å². The number of nitrogens with zero attached hydrogens (tertiary/aromatic N) is 3. The standard InChI is InChI=1S/C15H15N3O4/c19-13-3-2-11(10-21-13)14(20)18-8-4-12(5-9-18)22-15-16-6-1-7-17-15/h1-3,6-7,10,12H,4-5,8-9H2. The summed E-state index contributed by atoms with van der Waals surface area (Å²) in [6.07, 6.45) is 5.88. The van der Waals surface area contributed by atoms with Crippen LogP contribution in [0.5, 0.6) is 6.01 Å². The third-order valence-electron chi connectivity index (χ3n) is 3.49. The number of carbonyl (C=O) groups excluding carboxylic acids is 1. The first-order valence-electron chi connectivity index (χ1n) is 7.04. The van der Waals surface area contributed by atoms with E-state index in [1.807, 2.05) is 0 Å². The van der Waals surface area contributed by atoms with E-state index in [4.69, 9.17) is 9.15 Å². The summed E-state index contributed by atoms with van der Waals surface area (Å²) >= 11 is 0. The summed E-state index contributed by atoms with van der Waals surface area (Å²) in [5.41, 5.74) is -0.0862.